The topological polar surface area (TPSA) is 117 Å². The molecular formula is C12H14N4O4. The molecule has 0 aliphatic rings. The number of aromatic nitrogens is 3. The van der Waals surface area contributed by atoms with E-state index in [4.69, 9.17) is 9.84 Å². The first-order valence-electron chi connectivity index (χ1n) is 5.83. The monoisotopic (exact) mass is 278 g/mol. The van der Waals surface area contributed by atoms with Crippen LogP contribution in [0.3, 0.4) is 0 Å². The highest BCUT2D eigenvalue weighted by molar-refractivity contribution is 6.08. The second-order valence-electron chi connectivity index (χ2n) is 5.11. The minimum Gasteiger partial charge on any atom is -0.478 e. The number of ether oxygens (including phenoxy) is 1. The van der Waals surface area contributed by atoms with Gasteiger partial charge in [0.1, 0.15) is 5.60 Å². The van der Waals surface area contributed by atoms with Crippen molar-refractivity contribution in [3.8, 4) is 0 Å². The summed E-state index contributed by atoms with van der Waals surface area (Å²) in [5.74, 6) is -1.06. The van der Waals surface area contributed by atoms with Crippen LogP contribution >= 0.6 is 0 Å². The average molecular weight is 278 g/mol. The Morgan fingerprint density at radius 3 is 2.65 bits per heavy atom. The van der Waals surface area contributed by atoms with Gasteiger partial charge < -0.3 is 9.84 Å². The first-order valence-corrected chi connectivity index (χ1v) is 5.83. The first kappa shape index (κ1) is 13.8. The standard InChI is InChI=1S/C12H14N4O4/c1-12(2,3)20-11(19)14-9-8-6(10(17)18)4-13-5-7(8)15-16-9/h4-5H,1-3H3,(H,17,18)(H2,14,15,16,19). The van der Waals surface area contributed by atoms with Crippen LogP contribution in [0.5, 0.6) is 0 Å². The number of H-pyrrole nitrogens is 1. The molecule has 8 heteroatoms. The molecule has 1 amide bonds. The number of aromatic amines is 1. The zero-order valence-electron chi connectivity index (χ0n) is 11.2. The van der Waals surface area contributed by atoms with Crippen molar-refractivity contribution in [3.63, 3.8) is 0 Å². The molecule has 0 atom stereocenters. The molecule has 3 N–H and O–H groups in total. The number of carbonyl (C=O) groups is 2. The zero-order valence-corrected chi connectivity index (χ0v) is 11.2. The number of carboxylic acid groups (broad SMARTS) is 1. The number of hydrogen-bond donors (Lipinski definition) is 3. The molecule has 2 heterocycles. The maximum Gasteiger partial charge on any atom is 0.413 e. The van der Waals surface area contributed by atoms with Crippen molar-refractivity contribution in [1.29, 1.82) is 0 Å². The molecule has 0 saturated heterocycles. The van der Waals surface area contributed by atoms with Gasteiger partial charge in [0.15, 0.2) is 5.82 Å². The van der Waals surface area contributed by atoms with E-state index in [2.05, 4.69) is 20.5 Å². The van der Waals surface area contributed by atoms with E-state index < -0.39 is 17.7 Å². The summed E-state index contributed by atoms with van der Waals surface area (Å²) in [5.41, 5.74) is -0.300. The average Bonchev–Trinajstić information content (AvgIpc) is 2.69. The predicted molar refractivity (Wildman–Crippen MR) is 70.7 cm³/mol. The third-order valence-corrected chi connectivity index (χ3v) is 2.32. The quantitative estimate of drug-likeness (QED) is 0.773. The Kier molecular flexibility index (Phi) is 3.31. The SMILES string of the molecule is CC(C)(C)OC(=O)Nc1n[nH]c2cncc(C(=O)O)c12. The molecule has 0 spiro atoms. The van der Waals surface area contributed by atoms with Gasteiger partial charge in [0.25, 0.3) is 0 Å². The molecule has 0 fully saturated rings. The van der Waals surface area contributed by atoms with E-state index in [0.29, 0.717) is 5.52 Å². The van der Waals surface area contributed by atoms with Gasteiger partial charge in [0.2, 0.25) is 0 Å². The number of nitrogens with one attached hydrogen (secondary N) is 2. The molecule has 0 aliphatic heterocycles. The molecule has 0 radical (unpaired) electrons. The van der Waals surface area contributed by atoms with Gasteiger partial charge in [-0.25, -0.2) is 9.59 Å². The van der Waals surface area contributed by atoms with E-state index in [0.717, 1.165) is 0 Å². The number of nitrogens with zero attached hydrogens (tertiary/aromatic N) is 2. The Labute approximate surface area is 114 Å². The second-order valence-corrected chi connectivity index (χ2v) is 5.11. The molecule has 0 bridgehead atoms. The van der Waals surface area contributed by atoms with Gasteiger partial charge in [0.05, 0.1) is 22.7 Å². The number of hydrogen-bond acceptors (Lipinski definition) is 5. The number of anilines is 1. The summed E-state index contributed by atoms with van der Waals surface area (Å²) in [6.45, 7) is 5.17. The van der Waals surface area contributed by atoms with Gasteiger partial charge in [0, 0.05) is 6.20 Å². The van der Waals surface area contributed by atoms with Crippen LogP contribution in [0.4, 0.5) is 10.6 Å². The first-order chi connectivity index (χ1) is 9.28. The molecule has 20 heavy (non-hydrogen) atoms. The Morgan fingerprint density at radius 1 is 1.35 bits per heavy atom. The van der Waals surface area contributed by atoms with Gasteiger partial charge in [-0.2, -0.15) is 5.10 Å². The van der Waals surface area contributed by atoms with Crippen LogP contribution in [0.25, 0.3) is 10.9 Å². The lowest BCUT2D eigenvalue weighted by Crippen LogP contribution is -2.27. The van der Waals surface area contributed by atoms with E-state index in [1.54, 1.807) is 20.8 Å². The van der Waals surface area contributed by atoms with Crippen molar-refractivity contribution in [3.05, 3.63) is 18.0 Å². The lowest BCUT2D eigenvalue weighted by Gasteiger charge is -2.19. The summed E-state index contributed by atoms with van der Waals surface area (Å²) >= 11 is 0. The van der Waals surface area contributed by atoms with E-state index >= 15 is 0 Å². The van der Waals surface area contributed by atoms with Crippen molar-refractivity contribution < 1.29 is 19.4 Å². The van der Waals surface area contributed by atoms with Gasteiger partial charge in [-0.1, -0.05) is 0 Å². The predicted octanol–water partition coefficient (Wildman–Crippen LogP) is 2.00. The number of rotatable bonds is 2. The number of aromatic carboxylic acids is 1. The molecule has 0 unspecified atom stereocenters. The normalized spacial score (nSPS) is 11.3. The lowest BCUT2D eigenvalue weighted by molar-refractivity contribution is 0.0632. The summed E-state index contributed by atoms with van der Waals surface area (Å²) in [6, 6.07) is 0. The van der Waals surface area contributed by atoms with Crippen molar-refractivity contribution in [2.24, 2.45) is 0 Å². The van der Waals surface area contributed by atoms with E-state index in [1.807, 2.05) is 0 Å². The van der Waals surface area contributed by atoms with Gasteiger partial charge >= 0.3 is 12.1 Å². The molecular weight excluding hydrogens is 264 g/mol. The fourth-order valence-corrected chi connectivity index (χ4v) is 1.63. The number of pyridine rings is 1. The summed E-state index contributed by atoms with van der Waals surface area (Å²) in [6.07, 6.45) is 1.91. The molecule has 2 rings (SSSR count). The summed E-state index contributed by atoms with van der Waals surface area (Å²) < 4.78 is 5.09. The van der Waals surface area contributed by atoms with Crippen LogP contribution in [-0.4, -0.2) is 38.0 Å². The number of carboxylic acids is 1. The maximum atomic E-state index is 11.7. The fourth-order valence-electron chi connectivity index (χ4n) is 1.63. The highest BCUT2D eigenvalue weighted by atomic mass is 16.6. The van der Waals surface area contributed by atoms with Crippen molar-refractivity contribution >= 4 is 28.8 Å². The summed E-state index contributed by atoms with van der Waals surface area (Å²) in [4.78, 5) is 26.6. The van der Waals surface area contributed by atoms with E-state index in [1.165, 1.54) is 12.4 Å². The molecule has 2 aromatic heterocycles. The maximum absolute atomic E-state index is 11.7. The summed E-state index contributed by atoms with van der Waals surface area (Å²) in [7, 11) is 0. The molecule has 0 aromatic carbocycles. The third kappa shape index (κ3) is 2.85. The molecule has 0 saturated carbocycles. The smallest absolute Gasteiger partial charge is 0.413 e. The third-order valence-electron chi connectivity index (χ3n) is 2.32. The van der Waals surface area contributed by atoms with Crippen LogP contribution in [-0.2, 0) is 4.74 Å². The minimum atomic E-state index is -1.16. The fraction of sp³-hybridized carbons (Fsp3) is 0.333. The number of carbonyl (C=O) groups excluding carboxylic acids is 1. The van der Waals surface area contributed by atoms with Crippen molar-refractivity contribution in [2.75, 3.05) is 5.32 Å². The molecule has 2 aromatic rings. The lowest BCUT2D eigenvalue weighted by atomic mass is 10.2. The van der Waals surface area contributed by atoms with Crippen LogP contribution in [0, 0.1) is 0 Å². The van der Waals surface area contributed by atoms with Gasteiger partial charge in [-0.3, -0.25) is 15.4 Å². The van der Waals surface area contributed by atoms with Crippen LogP contribution in [0.15, 0.2) is 12.4 Å². The van der Waals surface area contributed by atoms with Crippen LogP contribution in [0.1, 0.15) is 31.1 Å². The summed E-state index contributed by atoms with van der Waals surface area (Å²) in [5, 5.41) is 18.3. The Morgan fingerprint density at radius 2 is 2.05 bits per heavy atom. The van der Waals surface area contributed by atoms with E-state index in [-0.39, 0.29) is 16.8 Å². The second kappa shape index (κ2) is 4.80. The highest BCUT2D eigenvalue weighted by Crippen LogP contribution is 2.24. The zero-order chi connectivity index (χ0) is 14.9. The number of amides is 1. The van der Waals surface area contributed by atoms with Gasteiger partial charge in [-0.15, -0.1) is 0 Å². The van der Waals surface area contributed by atoms with Crippen LogP contribution in [0.2, 0.25) is 0 Å². The molecule has 8 nitrogen and oxygen atoms in total. The van der Waals surface area contributed by atoms with Crippen molar-refractivity contribution in [2.45, 2.75) is 26.4 Å². The number of fused-ring (bicyclic) bond motifs is 1. The minimum absolute atomic E-state index is 0.0534. The highest BCUT2D eigenvalue weighted by Gasteiger charge is 2.20. The Bertz CT molecular complexity index is 672. The molecule has 0 aliphatic carbocycles. The van der Waals surface area contributed by atoms with Crippen LogP contribution < -0.4 is 5.32 Å². The Balaban J connectivity index is 2.36. The largest absolute Gasteiger partial charge is 0.478 e. The molecule has 106 valence electrons. The van der Waals surface area contributed by atoms with E-state index in [9.17, 15) is 9.59 Å². The Hall–Kier alpha value is -2.64. The van der Waals surface area contributed by atoms with Crippen molar-refractivity contribution in [1.82, 2.24) is 15.2 Å². The van der Waals surface area contributed by atoms with Gasteiger partial charge in [-0.05, 0) is 20.8 Å².